The highest BCUT2D eigenvalue weighted by Crippen LogP contribution is 2.26. The number of carbonyl (C=O) groups is 1. The standard InChI is InChI=1S/C8H5F3O3.C2H6O2.CH4O3S/c1-14-7-5(10)3(8(12)13)2-4(9)6(7)11;3-1-2-4;1-5(2,3)4/h2H,1H3,(H,12,13);3-4H,1-2H2;1H3,(H,2,3,4). The van der Waals surface area contributed by atoms with Crippen molar-refractivity contribution < 1.29 is 51.0 Å². The van der Waals surface area contributed by atoms with E-state index in [9.17, 15) is 26.4 Å². The topological polar surface area (TPSA) is 141 Å². The molecule has 0 heterocycles. The first-order chi connectivity index (χ1) is 10.4. The van der Waals surface area contributed by atoms with Crippen molar-refractivity contribution in [3.8, 4) is 5.75 Å². The molecule has 0 radical (unpaired) electrons. The molecule has 8 nitrogen and oxygen atoms in total. The van der Waals surface area contributed by atoms with Crippen LogP contribution < -0.4 is 4.74 Å². The zero-order valence-electron chi connectivity index (χ0n) is 12.0. The van der Waals surface area contributed by atoms with Crippen molar-refractivity contribution in [2.75, 3.05) is 26.6 Å². The average molecular weight is 364 g/mol. The average Bonchev–Trinajstić information content (AvgIpc) is 2.41. The van der Waals surface area contributed by atoms with Crippen LogP contribution in [0.2, 0.25) is 0 Å². The largest absolute Gasteiger partial charge is 0.491 e. The number of aliphatic hydroxyl groups is 2. The van der Waals surface area contributed by atoms with Crippen LogP contribution in [0.3, 0.4) is 0 Å². The van der Waals surface area contributed by atoms with Gasteiger partial charge in [-0.05, 0) is 6.07 Å². The number of carboxylic acid groups (broad SMARTS) is 1. The van der Waals surface area contributed by atoms with E-state index in [0.717, 1.165) is 7.11 Å². The van der Waals surface area contributed by atoms with Gasteiger partial charge in [-0.1, -0.05) is 0 Å². The number of hydrogen-bond donors (Lipinski definition) is 4. The van der Waals surface area contributed by atoms with E-state index >= 15 is 0 Å². The molecule has 12 heteroatoms. The van der Waals surface area contributed by atoms with Crippen LogP contribution in [-0.2, 0) is 10.1 Å². The number of aromatic carboxylic acids is 1. The minimum atomic E-state index is -3.67. The second kappa shape index (κ2) is 10.8. The van der Waals surface area contributed by atoms with Crippen molar-refractivity contribution >= 4 is 16.1 Å². The quantitative estimate of drug-likeness (QED) is 0.443. The monoisotopic (exact) mass is 364 g/mol. The Morgan fingerprint density at radius 3 is 1.83 bits per heavy atom. The summed E-state index contributed by atoms with van der Waals surface area (Å²) in [6, 6.07) is 0.259. The van der Waals surface area contributed by atoms with Crippen LogP contribution in [0.5, 0.6) is 5.75 Å². The molecule has 0 spiro atoms. The lowest BCUT2D eigenvalue weighted by Gasteiger charge is -2.06. The molecule has 1 aromatic carbocycles. The van der Waals surface area contributed by atoms with Crippen molar-refractivity contribution in [1.82, 2.24) is 0 Å². The molecule has 134 valence electrons. The van der Waals surface area contributed by atoms with Gasteiger partial charge < -0.3 is 20.1 Å². The Morgan fingerprint density at radius 1 is 1.17 bits per heavy atom. The second-order valence-corrected chi connectivity index (χ2v) is 5.02. The predicted octanol–water partition coefficient (Wildman–Crippen LogP) is 0.286. The van der Waals surface area contributed by atoms with Crippen LogP contribution in [0.15, 0.2) is 6.07 Å². The highest BCUT2D eigenvalue weighted by molar-refractivity contribution is 7.85. The Balaban J connectivity index is 0. The Morgan fingerprint density at radius 2 is 1.57 bits per heavy atom. The Labute approximate surface area is 129 Å². The molecule has 0 aliphatic heterocycles. The summed E-state index contributed by atoms with van der Waals surface area (Å²) in [5, 5.41) is 23.7. The van der Waals surface area contributed by atoms with Gasteiger partial charge in [0.25, 0.3) is 10.1 Å². The molecular weight excluding hydrogens is 349 g/mol. The number of benzene rings is 1. The van der Waals surface area contributed by atoms with Crippen molar-refractivity contribution in [2.45, 2.75) is 0 Å². The molecule has 0 aliphatic rings. The van der Waals surface area contributed by atoms with Gasteiger partial charge in [0.05, 0.1) is 26.6 Å². The number of ether oxygens (including phenoxy) is 1. The molecule has 1 aromatic rings. The predicted molar refractivity (Wildman–Crippen MR) is 71.5 cm³/mol. The second-order valence-electron chi connectivity index (χ2n) is 3.55. The lowest BCUT2D eigenvalue weighted by molar-refractivity contribution is 0.0690. The number of rotatable bonds is 3. The fraction of sp³-hybridized carbons (Fsp3) is 0.364. The normalized spacial score (nSPS) is 9.91. The van der Waals surface area contributed by atoms with Crippen LogP contribution in [-0.4, -0.2) is 60.8 Å². The summed E-state index contributed by atoms with van der Waals surface area (Å²) in [7, 11) is -2.76. The highest BCUT2D eigenvalue weighted by Gasteiger charge is 2.22. The van der Waals surface area contributed by atoms with Gasteiger partial charge in [0, 0.05) is 0 Å². The first-order valence-electron chi connectivity index (χ1n) is 5.49. The lowest BCUT2D eigenvalue weighted by atomic mass is 10.2. The van der Waals surface area contributed by atoms with Gasteiger partial charge >= 0.3 is 5.97 Å². The van der Waals surface area contributed by atoms with Crippen molar-refractivity contribution in [1.29, 1.82) is 0 Å². The molecule has 0 bridgehead atoms. The number of aliphatic hydroxyl groups excluding tert-OH is 2. The molecule has 0 aromatic heterocycles. The number of methoxy groups -OCH3 is 1. The lowest BCUT2D eigenvalue weighted by Crippen LogP contribution is -2.06. The number of hydrogen-bond acceptors (Lipinski definition) is 6. The van der Waals surface area contributed by atoms with Crippen LogP contribution in [0.1, 0.15) is 10.4 Å². The molecule has 0 unspecified atom stereocenters. The van der Waals surface area contributed by atoms with Gasteiger partial charge in [-0.3, -0.25) is 4.55 Å². The molecular formula is C11H15F3O8S. The number of halogens is 3. The Bertz CT molecular complexity index is 608. The Kier molecular flexibility index (Phi) is 10.9. The molecule has 0 saturated heterocycles. The van der Waals surface area contributed by atoms with E-state index in [1.54, 1.807) is 0 Å². The summed E-state index contributed by atoms with van der Waals surface area (Å²) in [6.07, 6.45) is 0.715. The minimum absolute atomic E-state index is 0.125. The highest BCUT2D eigenvalue weighted by atomic mass is 32.2. The fourth-order valence-electron chi connectivity index (χ4n) is 0.915. The molecule has 0 atom stereocenters. The maximum Gasteiger partial charge on any atom is 0.338 e. The molecule has 0 saturated carbocycles. The molecule has 0 aliphatic carbocycles. The summed E-state index contributed by atoms with van der Waals surface area (Å²) >= 11 is 0. The molecule has 4 N–H and O–H groups in total. The van der Waals surface area contributed by atoms with E-state index in [4.69, 9.17) is 19.9 Å². The first-order valence-corrected chi connectivity index (χ1v) is 7.34. The van der Waals surface area contributed by atoms with E-state index in [1.807, 2.05) is 0 Å². The third-order valence-corrected chi connectivity index (χ3v) is 1.65. The van der Waals surface area contributed by atoms with Gasteiger partial charge in [0.1, 0.15) is 5.56 Å². The first kappa shape index (κ1) is 23.4. The van der Waals surface area contributed by atoms with Crippen molar-refractivity contribution in [3.05, 3.63) is 29.1 Å². The summed E-state index contributed by atoms with van der Waals surface area (Å²) in [6.45, 7) is -0.250. The van der Waals surface area contributed by atoms with Crippen LogP contribution in [0.25, 0.3) is 0 Å². The van der Waals surface area contributed by atoms with E-state index in [1.165, 1.54) is 0 Å². The van der Waals surface area contributed by atoms with E-state index < -0.39 is 44.9 Å². The summed E-state index contributed by atoms with van der Waals surface area (Å²) in [5.74, 6) is -7.18. The number of carboxylic acids is 1. The summed E-state index contributed by atoms with van der Waals surface area (Å²) in [4.78, 5) is 10.4. The van der Waals surface area contributed by atoms with E-state index in [-0.39, 0.29) is 19.3 Å². The van der Waals surface area contributed by atoms with Gasteiger partial charge in [0.15, 0.2) is 17.4 Å². The smallest absolute Gasteiger partial charge is 0.338 e. The van der Waals surface area contributed by atoms with Crippen LogP contribution in [0.4, 0.5) is 13.2 Å². The van der Waals surface area contributed by atoms with Gasteiger partial charge in [-0.25, -0.2) is 13.6 Å². The van der Waals surface area contributed by atoms with Gasteiger partial charge in [0.2, 0.25) is 5.82 Å². The summed E-state index contributed by atoms with van der Waals surface area (Å²) < 4.78 is 68.6. The minimum Gasteiger partial charge on any atom is -0.491 e. The van der Waals surface area contributed by atoms with Crippen LogP contribution in [0, 0.1) is 17.5 Å². The fourth-order valence-corrected chi connectivity index (χ4v) is 0.915. The van der Waals surface area contributed by atoms with E-state index in [2.05, 4.69) is 4.74 Å². The summed E-state index contributed by atoms with van der Waals surface area (Å²) in [5.41, 5.74) is -0.972. The zero-order valence-corrected chi connectivity index (χ0v) is 12.8. The third kappa shape index (κ3) is 10.5. The van der Waals surface area contributed by atoms with Crippen molar-refractivity contribution in [3.63, 3.8) is 0 Å². The SMILES string of the molecule is COc1c(F)c(F)cc(C(=O)O)c1F.CS(=O)(=O)O.OCCO. The molecule has 0 fully saturated rings. The van der Waals surface area contributed by atoms with E-state index in [0.29, 0.717) is 6.26 Å². The van der Waals surface area contributed by atoms with Crippen molar-refractivity contribution in [2.24, 2.45) is 0 Å². The van der Waals surface area contributed by atoms with Crippen LogP contribution >= 0.6 is 0 Å². The van der Waals surface area contributed by atoms with Gasteiger partial charge in [-0.2, -0.15) is 12.8 Å². The Hall–Kier alpha value is -1.89. The third-order valence-electron chi connectivity index (χ3n) is 1.65. The molecule has 1 rings (SSSR count). The maximum atomic E-state index is 13.1. The van der Waals surface area contributed by atoms with Gasteiger partial charge in [-0.15, -0.1) is 0 Å². The molecule has 23 heavy (non-hydrogen) atoms. The maximum absolute atomic E-state index is 13.1. The zero-order chi connectivity index (χ0) is 18.8. The molecule has 0 amide bonds.